The number of carbonyl (C=O) groups is 1. The van der Waals surface area contributed by atoms with Crippen molar-refractivity contribution in [2.24, 2.45) is 11.1 Å². The topological polar surface area (TPSA) is 52.3 Å². The lowest BCUT2D eigenvalue weighted by Gasteiger charge is -2.71. The van der Waals surface area contributed by atoms with E-state index in [0.29, 0.717) is 0 Å². The molecule has 13 heavy (non-hydrogen) atoms. The van der Waals surface area contributed by atoms with Crippen LogP contribution in [0.3, 0.4) is 0 Å². The fourth-order valence-electron chi connectivity index (χ4n) is 2.27. The smallest absolute Gasteiger partial charge is 0.318 e. The largest absolute Gasteiger partial charge is 0.465 e. The maximum atomic E-state index is 13.2. The second-order valence-corrected chi connectivity index (χ2v) is 3.89. The first-order valence-electron chi connectivity index (χ1n) is 4.23. The second-order valence-electron chi connectivity index (χ2n) is 3.89. The van der Waals surface area contributed by atoms with E-state index < -0.39 is 22.8 Å². The SMILES string of the molecule is CCOC(=O)C12CC(N)(C1)C2(F)F. The van der Waals surface area contributed by atoms with Gasteiger partial charge in [0, 0.05) is 0 Å². The Morgan fingerprint density at radius 1 is 1.54 bits per heavy atom. The first-order chi connectivity index (χ1) is 5.90. The molecule has 74 valence electrons. The van der Waals surface area contributed by atoms with Gasteiger partial charge in [-0.2, -0.15) is 0 Å². The molecule has 0 aromatic carbocycles. The molecule has 0 spiro atoms. The molecule has 3 rings (SSSR count). The summed E-state index contributed by atoms with van der Waals surface area (Å²) in [4.78, 5) is 11.2. The van der Waals surface area contributed by atoms with Gasteiger partial charge in [0.1, 0.15) is 5.41 Å². The van der Waals surface area contributed by atoms with Crippen LogP contribution in [0.1, 0.15) is 19.8 Å². The quantitative estimate of drug-likeness (QED) is 0.653. The third-order valence-electron chi connectivity index (χ3n) is 3.13. The van der Waals surface area contributed by atoms with Crippen LogP contribution in [-0.2, 0) is 9.53 Å². The predicted molar refractivity (Wildman–Crippen MR) is 40.2 cm³/mol. The van der Waals surface area contributed by atoms with Gasteiger partial charge in [0.25, 0.3) is 5.92 Å². The minimum atomic E-state index is -3.06. The van der Waals surface area contributed by atoms with Crippen molar-refractivity contribution in [3.8, 4) is 0 Å². The Morgan fingerprint density at radius 3 is 2.38 bits per heavy atom. The van der Waals surface area contributed by atoms with E-state index in [1.807, 2.05) is 0 Å². The maximum Gasteiger partial charge on any atom is 0.318 e. The molecule has 0 saturated heterocycles. The highest BCUT2D eigenvalue weighted by Crippen LogP contribution is 2.75. The zero-order chi connectivity index (χ0) is 9.91. The summed E-state index contributed by atoms with van der Waals surface area (Å²) in [5.41, 5.74) is 2.31. The number of hydrogen-bond acceptors (Lipinski definition) is 3. The summed E-state index contributed by atoms with van der Waals surface area (Å²) >= 11 is 0. The summed E-state index contributed by atoms with van der Waals surface area (Å²) in [5.74, 6) is -3.86. The number of ether oxygens (including phenoxy) is 1. The van der Waals surface area contributed by atoms with Crippen LogP contribution in [0, 0.1) is 5.41 Å². The van der Waals surface area contributed by atoms with E-state index in [2.05, 4.69) is 4.74 Å². The molecule has 0 amide bonds. The number of alkyl halides is 2. The lowest BCUT2D eigenvalue weighted by atomic mass is 9.36. The summed E-state index contributed by atoms with van der Waals surface area (Å²) in [5, 5.41) is 0. The average Bonchev–Trinajstić information content (AvgIpc) is 2.00. The number of hydrogen-bond donors (Lipinski definition) is 1. The van der Waals surface area contributed by atoms with Crippen molar-refractivity contribution in [1.82, 2.24) is 0 Å². The summed E-state index contributed by atoms with van der Waals surface area (Å²) < 4.78 is 30.9. The Morgan fingerprint density at radius 2 is 2.08 bits per heavy atom. The highest BCUT2D eigenvalue weighted by molar-refractivity contribution is 5.84. The number of esters is 1. The molecular formula is C8H11F2NO2. The second kappa shape index (κ2) is 2.03. The monoisotopic (exact) mass is 191 g/mol. The van der Waals surface area contributed by atoms with E-state index in [-0.39, 0.29) is 19.4 Å². The number of halogens is 2. The number of carbonyl (C=O) groups excluding carboxylic acids is 1. The van der Waals surface area contributed by atoms with E-state index in [1.165, 1.54) is 0 Å². The molecule has 3 saturated carbocycles. The Kier molecular flexibility index (Phi) is 1.38. The number of rotatable bonds is 2. The fourth-order valence-corrected chi connectivity index (χ4v) is 2.27. The third-order valence-corrected chi connectivity index (χ3v) is 3.13. The molecule has 2 bridgehead atoms. The first-order valence-corrected chi connectivity index (χ1v) is 4.23. The van der Waals surface area contributed by atoms with Crippen LogP contribution in [0.15, 0.2) is 0 Å². The molecule has 0 heterocycles. The van der Waals surface area contributed by atoms with E-state index in [0.717, 1.165) is 0 Å². The molecule has 0 unspecified atom stereocenters. The third kappa shape index (κ3) is 0.665. The Balaban J connectivity index is 2.15. The molecule has 0 aromatic rings. The van der Waals surface area contributed by atoms with Crippen LogP contribution >= 0.6 is 0 Å². The standard InChI is InChI=1S/C8H11F2NO2/c1-2-13-5(12)6-3-7(11,4-6)8(6,9)10/h2-4,11H2,1H3. The lowest BCUT2D eigenvalue weighted by molar-refractivity contribution is -0.350. The Hall–Kier alpha value is -0.710. The maximum absolute atomic E-state index is 13.2. The van der Waals surface area contributed by atoms with Crippen molar-refractivity contribution in [3.63, 3.8) is 0 Å². The Bertz CT molecular complexity index is 271. The molecule has 3 fully saturated rings. The van der Waals surface area contributed by atoms with Crippen LogP contribution in [0.25, 0.3) is 0 Å². The van der Waals surface area contributed by atoms with Gasteiger partial charge >= 0.3 is 5.97 Å². The summed E-state index contributed by atoms with van der Waals surface area (Å²) in [6.07, 6.45) is 0.123. The molecular weight excluding hydrogens is 180 g/mol. The van der Waals surface area contributed by atoms with Gasteiger partial charge in [-0.15, -0.1) is 0 Å². The molecule has 0 aromatic heterocycles. The van der Waals surface area contributed by atoms with Crippen LogP contribution in [0.5, 0.6) is 0 Å². The molecule has 0 atom stereocenters. The van der Waals surface area contributed by atoms with Gasteiger partial charge in [-0.3, -0.25) is 4.79 Å². The minimum absolute atomic E-state index is 0.0613. The van der Waals surface area contributed by atoms with E-state index in [9.17, 15) is 13.6 Å². The van der Waals surface area contributed by atoms with E-state index >= 15 is 0 Å². The Labute approximate surface area is 74.2 Å². The molecule has 3 aliphatic rings. The van der Waals surface area contributed by atoms with Crippen molar-refractivity contribution in [2.45, 2.75) is 31.2 Å². The molecule has 2 N–H and O–H groups in total. The summed E-state index contributed by atoms with van der Waals surface area (Å²) in [6, 6.07) is 0. The van der Waals surface area contributed by atoms with Gasteiger partial charge in [0.15, 0.2) is 0 Å². The highest BCUT2D eigenvalue weighted by Gasteiger charge is 2.90. The van der Waals surface area contributed by atoms with Gasteiger partial charge in [0.05, 0.1) is 12.1 Å². The van der Waals surface area contributed by atoms with Crippen LogP contribution in [0.4, 0.5) is 8.78 Å². The van der Waals surface area contributed by atoms with Crippen molar-refractivity contribution < 1.29 is 18.3 Å². The van der Waals surface area contributed by atoms with Crippen molar-refractivity contribution >= 4 is 5.97 Å². The molecule has 3 nitrogen and oxygen atoms in total. The van der Waals surface area contributed by atoms with Crippen molar-refractivity contribution in [1.29, 1.82) is 0 Å². The van der Waals surface area contributed by atoms with Gasteiger partial charge in [-0.25, -0.2) is 8.78 Å². The van der Waals surface area contributed by atoms with Gasteiger partial charge in [-0.1, -0.05) is 0 Å². The average molecular weight is 191 g/mol. The molecule has 3 aliphatic carbocycles. The van der Waals surface area contributed by atoms with E-state index in [1.54, 1.807) is 6.92 Å². The lowest BCUT2D eigenvalue weighted by Crippen LogP contribution is -2.89. The van der Waals surface area contributed by atoms with Gasteiger partial charge in [-0.05, 0) is 19.8 Å². The van der Waals surface area contributed by atoms with Gasteiger partial charge < -0.3 is 10.5 Å². The zero-order valence-electron chi connectivity index (χ0n) is 7.27. The van der Waals surface area contributed by atoms with Crippen LogP contribution in [-0.4, -0.2) is 24.0 Å². The molecule has 0 aliphatic heterocycles. The fraction of sp³-hybridized carbons (Fsp3) is 0.875. The highest BCUT2D eigenvalue weighted by atomic mass is 19.3. The van der Waals surface area contributed by atoms with E-state index in [4.69, 9.17) is 5.73 Å². The molecule has 5 heteroatoms. The summed E-state index contributed by atoms with van der Waals surface area (Å²) in [7, 11) is 0. The normalized spacial score (nSPS) is 44.6. The molecule has 0 radical (unpaired) electrons. The van der Waals surface area contributed by atoms with Crippen LogP contribution in [0.2, 0.25) is 0 Å². The van der Waals surface area contributed by atoms with Gasteiger partial charge in [0.2, 0.25) is 0 Å². The van der Waals surface area contributed by atoms with Crippen LogP contribution < -0.4 is 5.73 Å². The predicted octanol–water partition coefficient (Wildman–Crippen LogP) is 0.676. The minimum Gasteiger partial charge on any atom is -0.465 e. The zero-order valence-corrected chi connectivity index (χ0v) is 7.27. The van der Waals surface area contributed by atoms with Crippen molar-refractivity contribution in [2.75, 3.05) is 6.61 Å². The summed E-state index contributed by atoms with van der Waals surface area (Å²) in [6.45, 7) is 1.73. The first kappa shape index (κ1) is 8.87. The number of nitrogens with two attached hydrogens (primary N) is 1. The van der Waals surface area contributed by atoms with Crippen molar-refractivity contribution in [3.05, 3.63) is 0 Å².